The Morgan fingerprint density at radius 2 is 1.71 bits per heavy atom. The predicted molar refractivity (Wildman–Crippen MR) is 65.7 cm³/mol. The maximum absolute atomic E-state index is 11.1. The maximum atomic E-state index is 11.1. The van der Waals surface area contributed by atoms with Crippen molar-refractivity contribution >= 4 is 39.0 Å². The molecule has 0 radical (unpaired) electrons. The van der Waals surface area contributed by atoms with Crippen LogP contribution in [0, 0.1) is 0 Å². The second-order valence-electron chi connectivity index (χ2n) is 3.07. The van der Waals surface area contributed by atoms with Crippen LogP contribution in [0.4, 0.5) is 0 Å². The highest BCUT2D eigenvalue weighted by atomic mass is 32.2. The van der Waals surface area contributed by atoms with Crippen molar-refractivity contribution < 1.29 is 18.0 Å². The number of rotatable bonds is 6. The van der Waals surface area contributed by atoms with Crippen LogP contribution in [0.15, 0.2) is 0 Å². The summed E-state index contributed by atoms with van der Waals surface area (Å²) in [6.07, 6.45) is 0.990. The number of carbonyl (C=O) groups excluding carboxylic acids is 2. The molecule has 0 unspecified atom stereocenters. The number of amides is 2. The Morgan fingerprint density at radius 1 is 1.18 bits per heavy atom. The first-order chi connectivity index (χ1) is 7.72. The highest BCUT2D eigenvalue weighted by Crippen LogP contribution is 1.73. The molecule has 98 valence electrons. The lowest BCUT2D eigenvalue weighted by molar-refractivity contribution is -0.138. The van der Waals surface area contributed by atoms with Crippen molar-refractivity contribution in [1.82, 2.24) is 15.4 Å². The van der Waals surface area contributed by atoms with E-state index in [0.717, 1.165) is 6.26 Å². The minimum absolute atomic E-state index is 0.00634. The lowest BCUT2D eigenvalue weighted by Gasteiger charge is -2.05. The fraction of sp³-hybridized carbons (Fsp3) is 0.571. The number of hydrogen-bond donors (Lipinski definition) is 4. The van der Waals surface area contributed by atoms with Crippen molar-refractivity contribution in [1.29, 1.82) is 0 Å². The molecule has 0 aromatic heterocycles. The van der Waals surface area contributed by atoms with Crippen molar-refractivity contribution in [3.05, 3.63) is 0 Å². The van der Waals surface area contributed by atoms with Crippen LogP contribution in [0.1, 0.15) is 0 Å². The minimum Gasteiger partial charge on any atom is -0.392 e. The molecule has 0 spiro atoms. The zero-order valence-electron chi connectivity index (χ0n) is 9.15. The summed E-state index contributed by atoms with van der Waals surface area (Å²) in [7, 11) is -3.30. The molecule has 0 saturated carbocycles. The molecule has 0 rings (SSSR count). The Kier molecular flexibility index (Phi) is 6.61. The first kappa shape index (κ1) is 15.7. The minimum atomic E-state index is -3.30. The van der Waals surface area contributed by atoms with Crippen LogP contribution in [-0.2, 0) is 19.6 Å². The van der Waals surface area contributed by atoms with Crippen molar-refractivity contribution in [2.75, 3.05) is 25.9 Å². The molecule has 2 amide bonds. The molecule has 0 aliphatic rings. The quantitative estimate of drug-likeness (QED) is 0.234. The second kappa shape index (κ2) is 7.14. The topological polar surface area (TPSA) is 130 Å². The summed E-state index contributed by atoms with van der Waals surface area (Å²) in [5.41, 5.74) is 5.12. The van der Waals surface area contributed by atoms with Gasteiger partial charge in [-0.1, -0.05) is 12.2 Å². The Bertz CT molecular complexity index is 406. The van der Waals surface area contributed by atoms with E-state index in [1.807, 2.05) is 0 Å². The van der Waals surface area contributed by atoms with Gasteiger partial charge in [-0.05, 0) is 0 Å². The molecule has 0 aliphatic carbocycles. The van der Waals surface area contributed by atoms with E-state index < -0.39 is 21.8 Å². The summed E-state index contributed by atoms with van der Waals surface area (Å²) in [5, 5.41) is 4.40. The fourth-order valence-electron chi connectivity index (χ4n) is 0.740. The summed E-state index contributed by atoms with van der Waals surface area (Å²) >= 11 is 4.50. The van der Waals surface area contributed by atoms with Gasteiger partial charge in [0.15, 0.2) is 0 Å². The maximum Gasteiger partial charge on any atom is 0.309 e. The van der Waals surface area contributed by atoms with Crippen molar-refractivity contribution in [2.45, 2.75) is 0 Å². The Balaban J connectivity index is 3.79. The molecule has 0 atom stereocenters. The number of carbonyl (C=O) groups is 2. The van der Waals surface area contributed by atoms with Crippen LogP contribution < -0.4 is 21.1 Å². The van der Waals surface area contributed by atoms with E-state index in [1.165, 1.54) is 0 Å². The fourth-order valence-corrected chi connectivity index (χ4v) is 1.29. The molecule has 0 fully saturated rings. The zero-order valence-corrected chi connectivity index (χ0v) is 10.8. The summed E-state index contributed by atoms with van der Waals surface area (Å²) in [6.45, 7) is -0.0529. The van der Waals surface area contributed by atoms with Crippen LogP contribution in [0.3, 0.4) is 0 Å². The van der Waals surface area contributed by atoms with Gasteiger partial charge in [-0.25, -0.2) is 13.1 Å². The van der Waals surface area contributed by atoms with E-state index in [1.54, 1.807) is 0 Å². The molecular weight excluding hydrogens is 268 g/mol. The summed E-state index contributed by atoms with van der Waals surface area (Å²) < 4.78 is 23.5. The number of nitrogens with two attached hydrogens (primary N) is 1. The highest BCUT2D eigenvalue weighted by molar-refractivity contribution is 7.88. The van der Waals surface area contributed by atoms with Gasteiger partial charge in [-0.15, -0.1) is 0 Å². The number of thiocarbonyl (C=S) groups is 1. The monoisotopic (exact) mass is 282 g/mol. The first-order valence-electron chi connectivity index (χ1n) is 4.51. The molecule has 8 nitrogen and oxygen atoms in total. The molecule has 0 saturated heterocycles. The summed E-state index contributed by atoms with van der Waals surface area (Å²) in [6, 6.07) is 0. The summed E-state index contributed by atoms with van der Waals surface area (Å²) in [5.74, 6) is -1.76. The lowest BCUT2D eigenvalue weighted by Crippen LogP contribution is -2.44. The molecule has 0 aromatic carbocycles. The molecule has 0 bridgehead atoms. The predicted octanol–water partition coefficient (Wildman–Crippen LogP) is -2.95. The van der Waals surface area contributed by atoms with Crippen LogP contribution in [0.5, 0.6) is 0 Å². The summed E-state index contributed by atoms with van der Waals surface area (Å²) in [4.78, 5) is 22.2. The number of nitrogens with one attached hydrogen (secondary N) is 3. The molecular formula is C7H14N4O4S2. The second-order valence-corrected chi connectivity index (χ2v) is 5.43. The van der Waals surface area contributed by atoms with Crippen LogP contribution in [0.2, 0.25) is 0 Å². The van der Waals surface area contributed by atoms with Crippen molar-refractivity contribution in [3.63, 3.8) is 0 Å². The van der Waals surface area contributed by atoms with Gasteiger partial charge in [0, 0.05) is 13.1 Å². The van der Waals surface area contributed by atoms with Gasteiger partial charge < -0.3 is 16.4 Å². The van der Waals surface area contributed by atoms with Gasteiger partial charge in [0.2, 0.25) is 10.0 Å². The SMILES string of the molecule is CS(=O)(=O)NCCNC(=O)C(=O)NCC(N)=S. The van der Waals surface area contributed by atoms with Gasteiger partial charge in [-0.3, -0.25) is 9.59 Å². The third-order valence-electron chi connectivity index (χ3n) is 1.40. The molecule has 0 heterocycles. The Labute approximate surface area is 104 Å². The normalized spacial score (nSPS) is 10.6. The highest BCUT2D eigenvalue weighted by Gasteiger charge is 2.12. The molecule has 10 heteroatoms. The third-order valence-corrected chi connectivity index (χ3v) is 2.28. The van der Waals surface area contributed by atoms with Crippen LogP contribution in [0.25, 0.3) is 0 Å². The Morgan fingerprint density at radius 3 is 2.18 bits per heavy atom. The van der Waals surface area contributed by atoms with Gasteiger partial charge in [0.1, 0.15) is 0 Å². The van der Waals surface area contributed by atoms with E-state index in [0.29, 0.717) is 0 Å². The molecule has 0 aliphatic heterocycles. The average molecular weight is 282 g/mol. The number of hydrogen-bond acceptors (Lipinski definition) is 5. The molecule has 0 aromatic rings. The smallest absolute Gasteiger partial charge is 0.309 e. The standard InChI is InChI=1S/C7H14N4O4S2/c1-17(14,15)11-3-2-9-6(12)7(13)10-4-5(8)16/h11H,2-4H2,1H3,(H2,8,16)(H,9,12)(H,10,13). The first-order valence-corrected chi connectivity index (χ1v) is 6.81. The van der Waals surface area contributed by atoms with Gasteiger partial charge >= 0.3 is 11.8 Å². The molecule has 17 heavy (non-hydrogen) atoms. The number of sulfonamides is 1. The van der Waals surface area contributed by atoms with Gasteiger partial charge in [0.05, 0.1) is 17.8 Å². The van der Waals surface area contributed by atoms with Gasteiger partial charge in [0.25, 0.3) is 0 Å². The zero-order chi connectivity index (χ0) is 13.5. The lowest BCUT2D eigenvalue weighted by atomic mass is 10.5. The van der Waals surface area contributed by atoms with Crippen LogP contribution in [-0.4, -0.2) is 51.1 Å². The Hall–Kier alpha value is -1.26. The van der Waals surface area contributed by atoms with Crippen molar-refractivity contribution in [2.24, 2.45) is 5.73 Å². The van der Waals surface area contributed by atoms with Crippen LogP contribution >= 0.6 is 12.2 Å². The van der Waals surface area contributed by atoms with E-state index >= 15 is 0 Å². The average Bonchev–Trinajstić information content (AvgIpc) is 2.19. The van der Waals surface area contributed by atoms with E-state index in [2.05, 4.69) is 27.6 Å². The molecule has 5 N–H and O–H groups in total. The van der Waals surface area contributed by atoms with E-state index in [9.17, 15) is 18.0 Å². The van der Waals surface area contributed by atoms with E-state index in [-0.39, 0.29) is 24.6 Å². The van der Waals surface area contributed by atoms with Crippen molar-refractivity contribution in [3.8, 4) is 0 Å². The van der Waals surface area contributed by atoms with Gasteiger partial charge in [-0.2, -0.15) is 0 Å². The third kappa shape index (κ3) is 9.66. The largest absolute Gasteiger partial charge is 0.392 e. The van der Waals surface area contributed by atoms with E-state index in [4.69, 9.17) is 5.73 Å².